The Balaban J connectivity index is 1.73. The topological polar surface area (TPSA) is 83.6 Å². The molecule has 0 aromatic carbocycles. The van der Waals surface area contributed by atoms with Crippen molar-refractivity contribution in [3.8, 4) is 0 Å². The lowest BCUT2D eigenvalue weighted by molar-refractivity contribution is 0.0951. The molecule has 2 aromatic heterocycles. The molecule has 0 fully saturated rings. The van der Waals surface area contributed by atoms with Crippen molar-refractivity contribution in [3.63, 3.8) is 0 Å². The third-order valence-corrected chi connectivity index (χ3v) is 3.11. The molecule has 94 valence electrons. The summed E-state index contributed by atoms with van der Waals surface area (Å²) in [5.41, 5.74) is 0.353. The maximum absolute atomic E-state index is 11.7. The fourth-order valence-corrected chi connectivity index (χ4v) is 1.94. The summed E-state index contributed by atoms with van der Waals surface area (Å²) in [5, 5.41) is 14.2. The van der Waals surface area contributed by atoms with Crippen LogP contribution in [0.15, 0.2) is 29.6 Å². The zero-order chi connectivity index (χ0) is 12.8. The third-order valence-electron chi connectivity index (χ3n) is 1.99. The smallest absolute Gasteiger partial charge is 0.269 e. The predicted octanol–water partition coefficient (Wildman–Crippen LogP) is 1.38. The van der Waals surface area contributed by atoms with Gasteiger partial charge in [-0.05, 0) is 12.1 Å². The van der Waals surface area contributed by atoms with Gasteiger partial charge in [0.2, 0.25) is 0 Å². The van der Waals surface area contributed by atoms with Crippen molar-refractivity contribution in [3.05, 3.63) is 35.2 Å². The van der Waals surface area contributed by atoms with E-state index in [9.17, 15) is 4.79 Å². The molecule has 0 aliphatic rings. The molecule has 2 heterocycles. The number of halogens is 1. The Bertz CT molecular complexity index is 501. The van der Waals surface area contributed by atoms with E-state index in [2.05, 4.69) is 25.7 Å². The average Bonchev–Trinajstić information content (AvgIpc) is 2.88. The van der Waals surface area contributed by atoms with Gasteiger partial charge in [0.25, 0.3) is 5.91 Å². The molecular formula is C10H10ClN5OS. The van der Waals surface area contributed by atoms with E-state index in [4.69, 9.17) is 11.6 Å². The number of carbonyl (C=O) groups excluding carboxylic acids is 1. The first kappa shape index (κ1) is 12.8. The highest BCUT2D eigenvalue weighted by Gasteiger charge is 2.06. The van der Waals surface area contributed by atoms with Crippen molar-refractivity contribution in [2.75, 3.05) is 12.3 Å². The van der Waals surface area contributed by atoms with Gasteiger partial charge in [-0.25, -0.2) is 4.98 Å². The van der Waals surface area contributed by atoms with Crippen LogP contribution in [0.1, 0.15) is 10.5 Å². The molecule has 0 aliphatic heterocycles. The van der Waals surface area contributed by atoms with Gasteiger partial charge in [-0.15, -0.1) is 16.9 Å². The van der Waals surface area contributed by atoms with Crippen molar-refractivity contribution in [1.82, 2.24) is 25.7 Å². The quantitative estimate of drug-likeness (QED) is 0.640. The van der Waals surface area contributed by atoms with Crippen LogP contribution in [0.2, 0.25) is 5.02 Å². The second-order valence-electron chi connectivity index (χ2n) is 3.27. The zero-order valence-electron chi connectivity index (χ0n) is 9.26. The van der Waals surface area contributed by atoms with Crippen molar-refractivity contribution in [2.24, 2.45) is 0 Å². The Hall–Kier alpha value is -1.60. The van der Waals surface area contributed by atoms with Crippen molar-refractivity contribution >= 4 is 29.3 Å². The number of nitrogens with zero attached hydrogens (tertiary/aromatic N) is 3. The van der Waals surface area contributed by atoms with Gasteiger partial charge in [-0.1, -0.05) is 11.6 Å². The highest BCUT2D eigenvalue weighted by atomic mass is 35.5. The fraction of sp³-hybridized carbons (Fsp3) is 0.200. The minimum atomic E-state index is -0.215. The number of rotatable bonds is 5. The van der Waals surface area contributed by atoms with Gasteiger partial charge >= 0.3 is 0 Å². The Kier molecular flexibility index (Phi) is 4.54. The largest absolute Gasteiger partial charge is 0.350 e. The molecule has 2 N–H and O–H groups in total. The van der Waals surface area contributed by atoms with Crippen LogP contribution < -0.4 is 5.32 Å². The van der Waals surface area contributed by atoms with Crippen LogP contribution in [-0.2, 0) is 0 Å². The molecule has 1 amide bonds. The molecule has 6 nitrogen and oxygen atoms in total. The van der Waals surface area contributed by atoms with Gasteiger partial charge in [0.05, 0.1) is 11.2 Å². The average molecular weight is 284 g/mol. The van der Waals surface area contributed by atoms with Crippen LogP contribution >= 0.6 is 23.4 Å². The lowest BCUT2D eigenvalue weighted by Crippen LogP contribution is -2.26. The Labute approximate surface area is 113 Å². The molecule has 18 heavy (non-hydrogen) atoms. The molecule has 2 rings (SSSR count). The molecule has 0 spiro atoms. The standard InChI is InChI=1S/C10H10ClN5OS/c11-7-1-2-8(13-5-7)10(17)12-3-4-18-9-6-14-16-15-9/h1-2,5-6H,3-4H2,(H,12,17)(H,14,15,16). The number of aromatic nitrogens is 4. The van der Waals surface area contributed by atoms with Gasteiger partial charge in [0.15, 0.2) is 0 Å². The highest BCUT2D eigenvalue weighted by molar-refractivity contribution is 7.99. The van der Waals surface area contributed by atoms with E-state index >= 15 is 0 Å². The van der Waals surface area contributed by atoms with Gasteiger partial charge in [0, 0.05) is 18.5 Å². The monoisotopic (exact) mass is 283 g/mol. The second-order valence-corrected chi connectivity index (χ2v) is 4.83. The van der Waals surface area contributed by atoms with Crippen LogP contribution in [-0.4, -0.2) is 38.6 Å². The molecule has 0 unspecified atom stereocenters. The van der Waals surface area contributed by atoms with Crippen LogP contribution in [0.4, 0.5) is 0 Å². The minimum absolute atomic E-state index is 0.215. The maximum Gasteiger partial charge on any atom is 0.269 e. The first-order valence-corrected chi connectivity index (χ1v) is 6.50. The maximum atomic E-state index is 11.7. The fourth-order valence-electron chi connectivity index (χ4n) is 1.18. The first-order chi connectivity index (χ1) is 8.75. The summed E-state index contributed by atoms with van der Waals surface area (Å²) in [7, 11) is 0. The molecule has 0 bridgehead atoms. The van der Waals surface area contributed by atoms with Crippen LogP contribution in [0.3, 0.4) is 0 Å². The van der Waals surface area contributed by atoms with Crippen molar-refractivity contribution in [2.45, 2.75) is 5.03 Å². The number of nitrogens with one attached hydrogen (secondary N) is 2. The van der Waals surface area contributed by atoms with E-state index in [1.54, 1.807) is 18.3 Å². The summed E-state index contributed by atoms with van der Waals surface area (Å²) >= 11 is 7.19. The molecule has 2 aromatic rings. The predicted molar refractivity (Wildman–Crippen MR) is 68.7 cm³/mol. The van der Waals surface area contributed by atoms with Crippen LogP contribution in [0.5, 0.6) is 0 Å². The number of carbonyl (C=O) groups is 1. The summed E-state index contributed by atoms with van der Waals surface area (Å²) in [5.74, 6) is 0.499. The van der Waals surface area contributed by atoms with E-state index in [-0.39, 0.29) is 5.91 Å². The van der Waals surface area contributed by atoms with E-state index in [0.29, 0.717) is 23.0 Å². The number of aromatic amines is 1. The van der Waals surface area contributed by atoms with Crippen LogP contribution in [0, 0.1) is 0 Å². The van der Waals surface area contributed by atoms with E-state index in [0.717, 1.165) is 5.03 Å². The minimum Gasteiger partial charge on any atom is -0.350 e. The number of H-pyrrole nitrogens is 1. The Morgan fingerprint density at radius 2 is 2.33 bits per heavy atom. The second kappa shape index (κ2) is 6.36. The number of hydrogen-bond donors (Lipinski definition) is 2. The van der Waals surface area contributed by atoms with Gasteiger partial charge in [-0.3, -0.25) is 4.79 Å². The highest BCUT2D eigenvalue weighted by Crippen LogP contribution is 2.11. The number of hydrogen-bond acceptors (Lipinski definition) is 5. The van der Waals surface area contributed by atoms with E-state index in [1.807, 2.05) is 0 Å². The molecular weight excluding hydrogens is 274 g/mol. The molecule has 0 atom stereocenters. The summed E-state index contributed by atoms with van der Waals surface area (Å²) in [6, 6.07) is 3.22. The Morgan fingerprint density at radius 1 is 1.44 bits per heavy atom. The zero-order valence-corrected chi connectivity index (χ0v) is 10.8. The van der Waals surface area contributed by atoms with E-state index in [1.165, 1.54) is 18.0 Å². The first-order valence-electron chi connectivity index (χ1n) is 5.14. The van der Waals surface area contributed by atoms with Crippen LogP contribution in [0.25, 0.3) is 0 Å². The van der Waals surface area contributed by atoms with Gasteiger partial charge in [0.1, 0.15) is 10.7 Å². The number of pyridine rings is 1. The Morgan fingerprint density at radius 3 is 3.00 bits per heavy atom. The lowest BCUT2D eigenvalue weighted by Gasteiger charge is -2.03. The summed E-state index contributed by atoms with van der Waals surface area (Å²) in [6.45, 7) is 0.528. The van der Waals surface area contributed by atoms with Gasteiger partial charge < -0.3 is 5.32 Å². The number of thioether (sulfide) groups is 1. The van der Waals surface area contributed by atoms with Crippen molar-refractivity contribution in [1.29, 1.82) is 0 Å². The molecule has 8 heteroatoms. The molecule has 0 aliphatic carbocycles. The molecule has 0 radical (unpaired) electrons. The van der Waals surface area contributed by atoms with Gasteiger partial charge in [-0.2, -0.15) is 10.3 Å². The third kappa shape index (κ3) is 3.71. The summed E-state index contributed by atoms with van der Waals surface area (Å²) in [6.07, 6.45) is 3.08. The SMILES string of the molecule is O=C(NCCSc1cn[nH]n1)c1ccc(Cl)cn1. The molecule has 0 saturated heterocycles. The summed E-state index contributed by atoms with van der Waals surface area (Å²) < 4.78 is 0. The number of amides is 1. The lowest BCUT2D eigenvalue weighted by atomic mass is 10.3. The molecule has 0 saturated carbocycles. The van der Waals surface area contributed by atoms with E-state index < -0.39 is 0 Å². The van der Waals surface area contributed by atoms with Crippen molar-refractivity contribution < 1.29 is 4.79 Å². The summed E-state index contributed by atoms with van der Waals surface area (Å²) in [4.78, 5) is 15.6. The normalized spacial score (nSPS) is 10.3.